The molecule has 2 heterocycles. The molecule has 1 amide bonds. The zero-order valence-corrected chi connectivity index (χ0v) is 13.3. The zero-order chi connectivity index (χ0) is 15.6. The van der Waals surface area contributed by atoms with Crippen LogP contribution in [0, 0.1) is 0 Å². The number of ether oxygens (including phenoxy) is 2. The van der Waals surface area contributed by atoms with Crippen molar-refractivity contribution >= 4 is 5.91 Å². The van der Waals surface area contributed by atoms with Crippen LogP contribution in [0.5, 0.6) is 5.88 Å². The second-order valence-corrected chi connectivity index (χ2v) is 6.09. The van der Waals surface area contributed by atoms with Crippen LogP contribution in [0.1, 0.15) is 29.6 Å². The molecule has 22 heavy (non-hydrogen) atoms. The minimum atomic E-state index is -0.121. The molecular weight excluding hydrogens is 284 g/mol. The summed E-state index contributed by atoms with van der Waals surface area (Å²) < 4.78 is 12.2. The minimum Gasteiger partial charge on any atom is -0.479 e. The highest BCUT2D eigenvalue weighted by molar-refractivity contribution is 5.96. The van der Waals surface area contributed by atoms with Crippen LogP contribution in [-0.2, 0) is 11.8 Å². The summed E-state index contributed by atoms with van der Waals surface area (Å²) in [6.45, 7) is 4.14. The Bertz CT molecular complexity index is 533. The van der Waals surface area contributed by atoms with E-state index in [4.69, 9.17) is 9.47 Å². The van der Waals surface area contributed by atoms with E-state index in [1.165, 1.54) is 13.5 Å². The molecule has 1 aliphatic carbocycles. The molecule has 0 atom stereocenters. The number of morpholine rings is 1. The molecule has 7 nitrogen and oxygen atoms in total. The Morgan fingerprint density at radius 3 is 2.77 bits per heavy atom. The summed E-state index contributed by atoms with van der Waals surface area (Å²) in [6, 6.07) is 0. The van der Waals surface area contributed by atoms with E-state index in [9.17, 15) is 4.79 Å². The minimum absolute atomic E-state index is 0.106. The summed E-state index contributed by atoms with van der Waals surface area (Å²) in [4.78, 5) is 14.9. The summed E-state index contributed by atoms with van der Waals surface area (Å²) in [5.41, 5.74) is 0.593. The highest BCUT2D eigenvalue weighted by atomic mass is 16.5. The molecule has 0 bridgehead atoms. The third-order valence-corrected chi connectivity index (χ3v) is 4.78. The van der Waals surface area contributed by atoms with E-state index in [0.29, 0.717) is 18.0 Å². The van der Waals surface area contributed by atoms with Gasteiger partial charge in [0, 0.05) is 38.4 Å². The van der Waals surface area contributed by atoms with Gasteiger partial charge in [-0.3, -0.25) is 14.4 Å². The number of hydrogen-bond acceptors (Lipinski definition) is 5. The topological polar surface area (TPSA) is 68.6 Å². The molecule has 1 saturated heterocycles. The van der Waals surface area contributed by atoms with Crippen LogP contribution in [0.25, 0.3) is 0 Å². The van der Waals surface area contributed by atoms with Crippen molar-refractivity contribution in [3.63, 3.8) is 0 Å². The predicted molar refractivity (Wildman–Crippen MR) is 81.1 cm³/mol. The third kappa shape index (κ3) is 2.83. The lowest BCUT2D eigenvalue weighted by Gasteiger charge is -2.51. The highest BCUT2D eigenvalue weighted by Crippen LogP contribution is 2.37. The second-order valence-electron chi connectivity index (χ2n) is 6.09. The number of rotatable bonds is 5. The number of nitrogens with zero attached hydrogens (tertiary/aromatic N) is 3. The van der Waals surface area contributed by atoms with Crippen LogP contribution >= 0.6 is 0 Å². The Hall–Kier alpha value is -1.60. The van der Waals surface area contributed by atoms with E-state index in [1.807, 2.05) is 0 Å². The summed E-state index contributed by atoms with van der Waals surface area (Å²) in [7, 11) is 3.31. The van der Waals surface area contributed by atoms with Crippen LogP contribution in [-0.4, -0.2) is 66.1 Å². The molecule has 2 aliphatic rings. The third-order valence-electron chi connectivity index (χ3n) is 4.78. The Kier molecular flexibility index (Phi) is 4.35. The van der Waals surface area contributed by atoms with E-state index in [2.05, 4.69) is 15.3 Å². The first kappa shape index (κ1) is 15.3. The fourth-order valence-electron chi connectivity index (χ4n) is 3.34. The number of nitrogens with one attached hydrogen (secondary N) is 1. The average molecular weight is 308 g/mol. The summed E-state index contributed by atoms with van der Waals surface area (Å²) in [5, 5.41) is 7.20. The quantitative estimate of drug-likeness (QED) is 0.853. The van der Waals surface area contributed by atoms with Gasteiger partial charge < -0.3 is 14.8 Å². The van der Waals surface area contributed by atoms with E-state index >= 15 is 0 Å². The summed E-state index contributed by atoms with van der Waals surface area (Å²) in [6.07, 6.45) is 5.19. The monoisotopic (exact) mass is 308 g/mol. The number of carbonyl (C=O) groups excluding carboxylic acids is 1. The predicted octanol–water partition coefficient (Wildman–Crippen LogP) is 0.413. The Labute approximate surface area is 130 Å². The van der Waals surface area contributed by atoms with Crippen molar-refractivity contribution in [1.82, 2.24) is 20.0 Å². The Morgan fingerprint density at radius 2 is 2.18 bits per heavy atom. The number of aromatic nitrogens is 2. The first-order valence-electron chi connectivity index (χ1n) is 7.83. The van der Waals surface area contributed by atoms with E-state index in [-0.39, 0.29) is 11.4 Å². The molecular formula is C15H24N4O3. The van der Waals surface area contributed by atoms with Crippen molar-refractivity contribution in [3.8, 4) is 5.88 Å². The Balaban J connectivity index is 1.64. The van der Waals surface area contributed by atoms with Crippen LogP contribution < -0.4 is 10.1 Å². The van der Waals surface area contributed by atoms with E-state index in [1.54, 1.807) is 17.9 Å². The van der Waals surface area contributed by atoms with Crippen LogP contribution in [0.15, 0.2) is 6.20 Å². The standard InChI is InChI=1S/C15H24N4O3/c1-18-10-12(14(17-18)21-2)13(20)16-11-15(4-3-5-15)19-6-8-22-9-7-19/h10H,3-9,11H2,1-2H3,(H,16,20). The highest BCUT2D eigenvalue weighted by Gasteiger charge is 2.43. The number of amides is 1. The molecule has 0 aromatic carbocycles. The van der Waals surface area contributed by atoms with Gasteiger partial charge in [-0.25, -0.2) is 0 Å². The van der Waals surface area contributed by atoms with Gasteiger partial charge in [-0.2, -0.15) is 0 Å². The first-order valence-corrected chi connectivity index (χ1v) is 7.83. The maximum absolute atomic E-state index is 12.4. The largest absolute Gasteiger partial charge is 0.479 e. The van der Waals surface area contributed by atoms with E-state index < -0.39 is 0 Å². The van der Waals surface area contributed by atoms with Crippen molar-refractivity contribution in [2.75, 3.05) is 40.0 Å². The summed E-state index contributed by atoms with van der Waals surface area (Å²) in [5.74, 6) is 0.249. The van der Waals surface area contributed by atoms with Crippen molar-refractivity contribution in [1.29, 1.82) is 0 Å². The van der Waals surface area contributed by atoms with Crippen molar-refractivity contribution in [3.05, 3.63) is 11.8 Å². The smallest absolute Gasteiger partial charge is 0.258 e. The van der Waals surface area contributed by atoms with Crippen molar-refractivity contribution in [2.24, 2.45) is 7.05 Å². The van der Waals surface area contributed by atoms with Gasteiger partial charge in [-0.05, 0) is 19.3 Å². The van der Waals surface area contributed by atoms with E-state index in [0.717, 1.165) is 39.1 Å². The second kappa shape index (κ2) is 6.26. The fourth-order valence-corrected chi connectivity index (χ4v) is 3.34. The fraction of sp³-hybridized carbons (Fsp3) is 0.733. The van der Waals surface area contributed by atoms with Crippen LogP contribution in [0.4, 0.5) is 0 Å². The maximum Gasteiger partial charge on any atom is 0.258 e. The molecule has 1 saturated carbocycles. The molecule has 1 aromatic rings. The van der Waals surface area contributed by atoms with Gasteiger partial charge in [-0.1, -0.05) is 0 Å². The molecule has 7 heteroatoms. The van der Waals surface area contributed by atoms with Gasteiger partial charge in [0.25, 0.3) is 5.91 Å². The average Bonchev–Trinajstić information content (AvgIpc) is 2.88. The molecule has 1 aliphatic heterocycles. The number of methoxy groups -OCH3 is 1. The molecule has 1 aromatic heterocycles. The van der Waals surface area contributed by atoms with Gasteiger partial charge in [0.1, 0.15) is 5.56 Å². The van der Waals surface area contributed by atoms with Crippen molar-refractivity contribution in [2.45, 2.75) is 24.8 Å². The molecule has 122 valence electrons. The van der Waals surface area contributed by atoms with Crippen LogP contribution in [0.2, 0.25) is 0 Å². The molecule has 2 fully saturated rings. The van der Waals surface area contributed by atoms with Crippen LogP contribution in [0.3, 0.4) is 0 Å². The lowest BCUT2D eigenvalue weighted by Crippen LogP contribution is -2.62. The lowest BCUT2D eigenvalue weighted by atomic mass is 9.75. The molecule has 0 unspecified atom stereocenters. The normalized spacial score (nSPS) is 21.2. The maximum atomic E-state index is 12.4. The molecule has 0 radical (unpaired) electrons. The SMILES string of the molecule is COc1nn(C)cc1C(=O)NCC1(N2CCOCC2)CCC1. The van der Waals surface area contributed by atoms with Gasteiger partial charge in [0.05, 0.1) is 20.3 Å². The van der Waals surface area contributed by atoms with Gasteiger partial charge >= 0.3 is 0 Å². The summed E-state index contributed by atoms with van der Waals surface area (Å²) >= 11 is 0. The van der Waals surface area contributed by atoms with Gasteiger partial charge in [-0.15, -0.1) is 5.10 Å². The van der Waals surface area contributed by atoms with Crippen molar-refractivity contribution < 1.29 is 14.3 Å². The Morgan fingerprint density at radius 1 is 1.45 bits per heavy atom. The first-order chi connectivity index (χ1) is 10.6. The number of hydrogen-bond donors (Lipinski definition) is 1. The molecule has 3 rings (SSSR count). The van der Waals surface area contributed by atoms with Gasteiger partial charge in [0.2, 0.25) is 5.88 Å². The lowest BCUT2D eigenvalue weighted by molar-refractivity contribution is -0.0540. The van der Waals surface area contributed by atoms with Gasteiger partial charge in [0.15, 0.2) is 0 Å². The number of carbonyl (C=O) groups is 1. The number of aryl methyl sites for hydroxylation is 1. The molecule has 0 spiro atoms. The zero-order valence-electron chi connectivity index (χ0n) is 13.3. The molecule has 1 N–H and O–H groups in total.